The van der Waals surface area contributed by atoms with Crippen molar-refractivity contribution >= 4 is 34.9 Å². The average Bonchev–Trinajstić information content (AvgIpc) is 3.10. The fraction of sp³-hybridized carbons (Fsp3) is 0.282. The molecule has 11 heteroatoms. The molecule has 4 aromatic rings. The number of methoxy groups -OCH3 is 4. The van der Waals surface area contributed by atoms with E-state index in [1.807, 2.05) is 43.2 Å². The molecule has 0 saturated heterocycles. The minimum atomic E-state index is -1.05. The Labute approximate surface area is 290 Å². The van der Waals surface area contributed by atoms with E-state index in [4.69, 9.17) is 28.4 Å². The Bertz CT molecular complexity index is 2020. The van der Waals surface area contributed by atoms with Crippen LogP contribution < -0.4 is 39.6 Å². The Morgan fingerprint density at radius 1 is 0.880 bits per heavy atom. The van der Waals surface area contributed by atoms with Crippen molar-refractivity contribution in [2.45, 2.75) is 46.1 Å². The first kappa shape index (κ1) is 35.5. The molecule has 1 atom stereocenters. The van der Waals surface area contributed by atoms with Crippen LogP contribution in [0.1, 0.15) is 47.8 Å². The van der Waals surface area contributed by atoms with Crippen LogP contribution in [-0.4, -0.2) is 58.2 Å². The highest BCUT2D eigenvalue weighted by molar-refractivity contribution is 6.11. The predicted octanol–water partition coefficient (Wildman–Crippen LogP) is 5.28. The Kier molecular flexibility index (Phi) is 10.5. The number of carbonyl (C=O) groups is 2. The summed E-state index contributed by atoms with van der Waals surface area (Å²) in [7, 11) is 5.99. The summed E-state index contributed by atoms with van der Waals surface area (Å²) in [5.41, 5.74) is 3.04. The van der Waals surface area contributed by atoms with E-state index < -0.39 is 23.8 Å². The molecule has 0 bridgehead atoms. The van der Waals surface area contributed by atoms with Crippen molar-refractivity contribution in [3.8, 4) is 23.0 Å². The normalized spacial score (nSPS) is 14.0. The lowest BCUT2D eigenvalue weighted by atomic mass is 9.90. The molecule has 1 aliphatic heterocycles. The second-order valence-corrected chi connectivity index (χ2v) is 12.4. The van der Waals surface area contributed by atoms with Crippen molar-refractivity contribution in [3.05, 3.63) is 105 Å². The largest absolute Gasteiger partial charge is 0.496 e. The van der Waals surface area contributed by atoms with Gasteiger partial charge in [-0.05, 0) is 81.3 Å². The van der Waals surface area contributed by atoms with Crippen molar-refractivity contribution < 1.29 is 42.8 Å². The molecule has 260 valence electrons. The molecule has 50 heavy (non-hydrogen) atoms. The summed E-state index contributed by atoms with van der Waals surface area (Å²) in [6, 6.07) is 21.3. The second-order valence-electron chi connectivity index (χ2n) is 12.4. The molecule has 0 aliphatic carbocycles. The van der Waals surface area contributed by atoms with Gasteiger partial charge >= 0.3 is 6.09 Å². The highest BCUT2D eigenvalue weighted by atomic mass is 16.6. The van der Waals surface area contributed by atoms with Crippen LogP contribution in [0.15, 0.2) is 72.8 Å². The van der Waals surface area contributed by atoms with E-state index in [0.717, 1.165) is 11.1 Å². The Balaban J connectivity index is 1.75. The maximum atomic E-state index is 14.6. The number of ether oxygens (including phenoxy) is 6. The molecule has 2 amide bonds. The number of fused-ring (bicyclic) bond motifs is 1. The summed E-state index contributed by atoms with van der Waals surface area (Å²) >= 11 is 0. The van der Waals surface area contributed by atoms with Gasteiger partial charge in [-0.2, -0.15) is 0 Å². The summed E-state index contributed by atoms with van der Waals surface area (Å²) in [6.45, 7) is 7.34. The first-order valence-electron chi connectivity index (χ1n) is 15.8. The first-order chi connectivity index (χ1) is 23.9. The van der Waals surface area contributed by atoms with E-state index in [1.54, 1.807) is 77.5 Å². The monoisotopic (exact) mass is 680 g/mol. The zero-order chi connectivity index (χ0) is 36.2. The first-order valence-corrected chi connectivity index (χ1v) is 15.8. The molecule has 0 spiro atoms. The van der Waals surface area contributed by atoms with Crippen LogP contribution in [0, 0.1) is 6.92 Å². The van der Waals surface area contributed by atoms with Gasteiger partial charge in [-0.25, -0.2) is 9.59 Å². The van der Waals surface area contributed by atoms with Gasteiger partial charge in [0.05, 0.1) is 26.9 Å². The predicted molar refractivity (Wildman–Crippen MR) is 189 cm³/mol. The lowest BCUT2D eigenvalue weighted by molar-refractivity contribution is 0.0635. The molecule has 0 aromatic heterocycles. The maximum Gasteiger partial charge on any atom is 0.412 e. The third kappa shape index (κ3) is 7.15. The number of nitrogens with zero attached hydrogens (tertiary/aromatic N) is 1. The van der Waals surface area contributed by atoms with Gasteiger partial charge in [-0.3, -0.25) is 15.0 Å². The molecule has 1 unspecified atom stereocenters. The van der Waals surface area contributed by atoms with Crippen LogP contribution in [0.2, 0.25) is 0 Å². The number of amides is 2. The SMILES string of the molecule is COc1cc(C2=c3c(cc(OCc4ccccc4)c(OC)c3=C=O)C(=O)N(c3ccc(NC(=O)OC(C)(C)C)cc3)C2OC)cc(OC)c1C. The third-order valence-electron chi connectivity index (χ3n) is 8.07. The van der Waals surface area contributed by atoms with Gasteiger partial charge in [0.2, 0.25) is 0 Å². The number of hydrogen-bond donors (Lipinski definition) is 1. The van der Waals surface area contributed by atoms with Crippen LogP contribution >= 0.6 is 0 Å². The van der Waals surface area contributed by atoms with E-state index in [0.29, 0.717) is 34.0 Å². The number of rotatable bonds is 10. The fourth-order valence-electron chi connectivity index (χ4n) is 5.85. The maximum absolute atomic E-state index is 14.6. The van der Waals surface area contributed by atoms with Crippen LogP contribution in [0.25, 0.3) is 5.57 Å². The molecule has 0 radical (unpaired) electrons. The minimum absolute atomic E-state index is 0.00599. The molecule has 0 fully saturated rings. The van der Waals surface area contributed by atoms with Gasteiger partial charge in [0, 0.05) is 34.8 Å². The van der Waals surface area contributed by atoms with Crippen molar-refractivity contribution in [1.82, 2.24) is 0 Å². The van der Waals surface area contributed by atoms with E-state index >= 15 is 0 Å². The molecular formula is C39H40N2O9. The zero-order valence-electron chi connectivity index (χ0n) is 29.3. The Morgan fingerprint density at radius 3 is 2.06 bits per heavy atom. The van der Waals surface area contributed by atoms with Gasteiger partial charge < -0.3 is 28.4 Å². The lowest BCUT2D eigenvalue weighted by Crippen LogP contribution is -2.54. The van der Waals surface area contributed by atoms with E-state index in [1.165, 1.54) is 19.1 Å². The van der Waals surface area contributed by atoms with Crippen LogP contribution in [0.3, 0.4) is 0 Å². The average molecular weight is 681 g/mol. The number of anilines is 2. The third-order valence-corrected chi connectivity index (χ3v) is 8.07. The molecule has 11 nitrogen and oxygen atoms in total. The molecule has 1 N–H and O–H groups in total. The van der Waals surface area contributed by atoms with E-state index in [9.17, 15) is 14.4 Å². The summed E-state index contributed by atoms with van der Waals surface area (Å²) in [4.78, 5) is 41.4. The molecule has 5 rings (SSSR count). The van der Waals surface area contributed by atoms with Gasteiger partial charge in [-0.15, -0.1) is 0 Å². The number of benzene rings is 4. The van der Waals surface area contributed by atoms with Gasteiger partial charge in [0.1, 0.15) is 34.9 Å². The second kappa shape index (κ2) is 14.8. The quantitative estimate of drug-likeness (QED) is 0.238. The Morgan fingerprint density at radius 2 is 1.52 bits per heavy atom. The summed E-state index contributed by atoms with van der Waals surface area (Å²) in [6.07, 6.45) is -1.67. The smallest absolute Gasteiger partial charge is 0.412 e. The fourth-order valence-corrected chi connectivity index (χ4v) is 5.85. The summed E-state index contributed by atoms with van der Waals surface area (Å²) in [5.74, 6) is 2.91. The van der Waals surface area contributed by atoms with Crippen LogP contribution in [0.4, 0.5) is 16.2 Å². The van der Waals surface area contributed by atoms with Gasteiger partial charge in [-0.1, -0.05) is 30.3 Å². The number of hydrogen-bond acceptors (Lipinski definition) is 9. The standard InChI is InChI=1S/C39H40N2O9/c1-23-30(45-5)18-25(19-31(23)46-6)33-34-28(20-32(35(47-7)29(34)21-42)49-22-24-12-10-9-11-13-24)36(43)41(37(33)48-8)27-16-14-26(15-17-27)40-38(44)50-39(2,3)4/h9-20,37H,22H2,1-8H3,(H,40,44). The van der Waals surface area contributed by atoms with Crippen molar-refractivity contribution in [1.29, 1.82) is 0 Å². The van der Waals surface area contributed by atoms with Crippen LogP contribution in [0.5, 0.6) is 23.0 Å². The van der Waals surface area contributed by atoms with Gasteiger partial charge in [0.15, 0.2) is 17.7 Å². The highest BCUT2D eigenvalue weighted by Gasteiger charge is 2.38. The zero-order valence-corrected chi connectivity index (χ0v) is 29.3. The van der Waals surface area contributed by atoms with Crippen molar-refractivity contribution in [3.63, 3.8) is 0 Å². The van der Waals surface area contributed by atoms with E-state index in [-0.39, 0.29) is 34.1 Å². The molecule has 1 heterocycles. The van der Waals surface area contributed by atoms with Gasteiger partial charge in [0.25, 0.3) is 5.91 Å². The molecular weight excluding hydrogens is 640 g/mol. The number of carbonyl (C=O) groups excluding carboxylic acids is 3. The summed E-state index contributed by atoms with van der Waals surface area (Å²) < 4.78 is 34.8. The molecule has 4 aromatic carbocycles. The van der Waals surface area contributed by atoms with E-state index in [2.05, 4.69) is 5.32 Å². The number of nitrogens with one attached hydrogen (secondary N) is 1. The summed E-state index contributed by atoms with van der Waals surface area (Å²) in [5, 5.41) is 2.97. The van der Waals surface area contributed by atoms with Crippen LogP contribution in [-0.2, 0) is 20.9 Å². The van der Waals surface area contributed by atoms with Crippen molar-refractivity contribution in [2.24, 2.45) is 0 Å². The topological polar surface area (TPSA) is 122 Å². The lowest BCUT2D eigenvalue weighted by Gasteiger charge is -2.37. The van der Waals surface area contributed by atoms with Crippen molar-refractivity contribution in [2.75, 3.05) is 38.7 Å². The molecule has 1 aliphatic rings. The minimum Gasteiger partial charge on any atom is -0.496 e. The molecule has 0 saturated carbocycles. The highest BCUT2D eigenvalue weighted by Crippen LogP contribution is 2.38. The Hall–Kier alpha value is -5.77.